The van der Waals surface area contributed by atoms with Crippen molar-refractivity contribution in [3.63, 3.8) is 0 Å². The van der Waals surface area contributed by atoms with Crippen LogP contribution in [0.15, 0.2) is 24.3 Å². The molecule has 0 aromatic heterocycles. The van der Waals surface area contributed by atoms with Crippen molar-refractivity contribution in [2.24, 2.45) is 0 Å². The van der Waals surface area contributed by atoms with Crippen LogP contribution in [-0.4, -0.2) is 54.5 Å². The van der Waals surface area contributed by atoms with E-state index in [4.69, 9.17) is 5.26 Å². The van der Waals surface area contributed by atoms with Crippen molar-refractivity contribution in [1.82, 2.24) is 15.1 Å². The zero-order valence-electron chi connectivity index (χ0n) is 14.1. The molecule has 5 nitrogen and oxygen atoms in total. The summed E-state index contributed by atoms with van der Waals surface area (Å²) in [6, 6.07) is 10.2. The largest absolute Gasteiger partial charge is 0.353 e. The topological polar surface area (TPSA) is 59.4 Å². The SMILES string of the molecule is CCC(C)NC(=O)CN1CCN(Cc2cccc(C#N)c2)CC1. The maximum atomic E-state index is 11.9. The third-order valence-corrected chi connectivity index (χ3v) is 4.31. The Morgan fingerprint density at radius 3 is 2.65 bits per heavy atom. The number of nitriles is 1. The highest BCUT2D eigenvalue weighted by molar-refractivity contribution is 5.78. The number of carbonyl (C=O) groups is 1. The highest BCUT2D eigenvalue weighted by Gasteiger charge is 2.19. The van der Waals surface area contributed by atoms with Gasteiger partial charge in [-0.25, -0.2) is 0 Å². The lowest BCUT2D eigenvalue weighted by Gasteiger charge is -2.34. The van der Waals surface area contributed by atoms with E-state index in [0.29, 0.717) is 12.1 Å². The average Bonchev–Trinajstić information content (AvgIpc) is 2.56. The van der Waals surface area contributed by atoms with E-state index in [2.05, 4.69) is 34.2 Å². The maximum Gasteiger partial charge on any atom is 0.234 e. The van der Waals surface area contributed by atoms with E-state index in [1.807, 2.05) is 25.1 Å². The monoisotopic (exact) mass is 314 g/mol. The summed E-state index contributed by atoms with van der Waals surface area (Å²) >= 11 is 0. The van der Waals surface area contributed by atoms with Crippen LogP contribution in [0.3, 0.4) is 0 Å². The number of carbonyl (C=O) groups excluding carboxylic acids is 1. The quantitative estimate of drug-likeness (QED) is 0.866. The molecule has 1 fully saturated rings. The first-order valence-corrected chi connectivity index (χ1v) is 8.33. The zero-order valence-corrected chi connectivity index (χ0v) is 14.1. The predicted octanol–water partition coefficient (Wildman–Crippen LogP) is 1.59. The van der Waals surface area contributed by atoms with Crippen LogP contribution < -0.4 is 5.32 Å². The molecule has 1 aromatic carbocycles. The van der Waals surface area contributed by atoms with Gasteiger partial charge in [0.1, 0.15) is 0 Å². The molecule has 0 saturated carbocycles. The van der Waals surface area contributed by atoms with Gasteiger partial charge in [0.05, 0.1) is 18.2 Å². The van der Waals surface area contributed by atoms with Gasteiger partial charge in [-0.2, -0.15) is 5.26 Å². The number of nitrogens with one attached hydrogen (secondary N) is 1. The first-order valence-electron chi connectivity index (χ1n) is 8.33. The zero-order chi connectivity index (χ0) is 16.7. The van der Waals surface area contributed by atoms with Crippen LogP contribution in [0.1, 0.15) is 31.4 Å². The molecule has 0 radical (unpaired) electrons. The number of amides is 1. The van der Waals surface area contributed by atoms with Crippen molar-refractivity contribution in [2.45, 2.75) is 32.9 Å². The van der Waals surface area contributed by atoms with Crippen molar-refractivity contribution in [3.8, 4) is 6.07 Å². The Balaban J connectivity index is 1.75. The van der Waals surface area contributed by atoms with Crippen LogP contribution in [0.2, 0.25) is 0 Å². The molecule has 0 spiro atoms. The number of benzene rings is 1. The van der Waals surface area contributed by atoms with Crippen molar-refractivity contribution in [1.29, 1.82) is 5.26 Å². The number of hydrogen-bond donors (Lipinski definition) is 1. The molecule has 1 unspecified atom stereocenters. The second-order valence-electron chi connectivity index (χ2n) is 6.24. The van der Waals surface area contributed by atoms with Gasteiger partial charge >= 0.3 is 0 Å². The number of hydrogen-bond acceptors (Lipinski definition) is 4. The first kappa shape index (κ1) is 17.5. The minimum atomic E-state index is 0.120. The van der Waals surface area contributed by atoms with Crippen LogP contribution in [0.4, 0.5) is 0 Å². The molecule has 1 aliphatic rings. The Kier molecular flexibility index (Phi) is 6.57. The smallest absolute Gasteiger partial charge is 0.234 e. The van der Waals surface area contributed by atoms with E-state index in [1.165, 1.54) is 5.56 Å². The van der Waals surface area contributed by atoms with Gasteiger partial charge in [0.2, 0.25) is 5.91 Å². The molecule has 1 aromatic rings. The first-order chi connectivity index (χ1) is 11.1. The molecular formula is C18H26N4O. The molecule has 1 heterocycles. The molecule has 1 amide bonds. The summed E-state index contributed by atoms with van der Waals surface area (Å²) in [5.41, 5.74) is 1.88. The van der Waals surface area contributed by atoms with Crippen molar-refractivity contribution in [2.75, 3.05) is 32.7 Å². The predicted molar refractivity (Wildman–Crippen MR) is 90.8 cm³/mol. The number of rotatable bonds is 6. The molecule has 0 bridgehead atoms. The van der Waals surface area contributed by atoms with E-state index in [9.17, 15) is 4.79 Å². The van der Waals surface area contributed by atoms with Gasteiger partial charge in [-0.1, -0.05) is 19.1 Å². The minimum absolute atomic E-state index is 0.120. The lowest BCUT2D eigenvalue weighted by atomic mass is 10.1. The average molecular weight is 314 g/mol. The van der Waals surface area contributed by atoms with E-state index < -0.39 is 0 Å². The molecule has 124 valence electrons. The van der Waals surface area contributed by atoms with Gasteiger partial charge in [-0.05, 0) is 31.0 Å². The summed E-state index contributed by atoms with van der Waals surface area (Å²) in [5.74, 6) is 0.120. The highest BCUT2D eigenvalue weighted by Crippen LogP contribution is 2.10. The van der Waals surface area contributed by atoms with Crippen LogP contribution in [0.25, 0.3) is 0 Å². The fourth-order valence-corrected chi connectivity index (χ4v) is 2.73. The van der Waals surface area contributed by atoms with Gasteiger partial charge in [0.25, 0.3) is 0 Å². The third kappa shape index (κ3) is 5.66. The summed E-state index contributed by atoms with van der Waals surface area (Å²) in [5, 5.41) is 12.0. The molecule has 0 aliphatic carbocycles. The molecule has 1 N–H and O–H groups in total. The standard InChI is InChI=1S/C18H26N4O/c1-3-15(2)20-18(23)14-22-9-7-21(8-10-22)13-17-6-4-5-16(11-17)12-19/h4-6,11,15H,3,7-10,13-14H2,1-2H3,(H,20,23). The molecule has 2 rings (SSSR count). The summed E-state index contributed by atoms with van der Waals surface area (Å²) < 4.78 is 0. The second kappa shape index (κ2) is 8.66. The Morgan fingerprint density at radius 1 is 1.30 bits per heavy atom. The fraction of sp³-hybridized carbons (Fsp3) is 0.556. The molecule has 1 atom stereocenters. The fourth-order valence-electron chi connectivity index (χ4n) is 2.73. The Bertz CT molecular complexity index is 558. The lowest BCUT2D eigenvalue weighted by Crippen LogP contribution is -2.49. The summed E-state index contributed by atoms with van der Waals surface area (Å²) in [6.45, 7) is 9.18. The molecule has 5 heteroatoms. The number of piperazine rings is 1. The lowest BCUT2D eigenvalue weighted by molar-refractivity contribution is -0.123. The Labute approximate surface area is 138 Å². The molecule has 1 saturated heterocycles. The molecular weight excluding hydrogens is 288 g/mol. The van der Waals surface area contributed by atoms with Gasteiger partial charge in [0, 0.05) is 38.8 Å². The van der Waals surface area contributed by atoms with Crippen molar-refractivity contribution in [3.05, 3.63) is 35.4 Å². The maximum absolute atomic E-state index is 11.9. The van der Waals surface area contributed by atoms with Gasteiger partial charge < -0.3 is 5.32 Å². The normalized spacial score (nSPS) is 17.4. The van der Waals surface area contributed by atoms with Gasteiger partial charge in [0.15, 0.2) is 0 Å². The molecule has 1 aliphatic heterocycles. The summed E-state index contributed by atoms with van der Waals surface area (Å²) in [7, 11) is 0. The van der Waals surface area contributed by atoms with Crippen LogP contribution in [0.5, 0.6) is 0 Å². The third-order valence-electron chi connectivity index (χ3n) is 4.31. The molecule has 23 heavy (non-hydrogen) atoms. The number of nitrogens with zero attached hydrogens (tertiary/aromatic N) is 3. The van der Waals surface area contributed by atoms with Crippen LogP contribution in [-0.2, 0) is 11.3 Å². The van der Waals surface area contributed by atoms with E-state index in [-0.39, 0.29) is 11.9 Å². The highest BCUT2D eigenvalue weighted by atomic mass is 16.2. The van der Waals surface area contributed by atoms with E-state index in [1.54, 1.807) is 0 Å². The Hall–Kier alpha value is -1.90. The van der Waals surface area contributed by atoms with Crippen LogP contribution >= 0.6 is 0 Å². The van der Waals surface area contributed by atoms with Crippen molar-refractivity contribution < 1.29 is 4.79 Å². The van der Waals surface area contributed by atoms with Crippen LogP contribution in [0, 0.1) is 11.3 Å². The summed E-state index contributed by atoms with van der Waals surface area (Å²) in [4.78, 5) is 16.5. The van der Waals surface area contributed by atoms with Crippen molar-refractivity contribution >= 4 is 5.91 Å². The van der Waals surface area contributed by atoms with E-state index in [0.717, 1.165) is 39.1 Å². The minimum Gasteiger partial charge on any atom is -0.353 e. The second-order valence-corrected chi connectivity index (χ2v) is 6.24. The summed E-state index contributed by atoms with van der Waals surface area (Å²) in [6.07, 6.45) is 0.960. The van der Waals surface area contributed by atoms with E-state index >= 15 is 0 Å². The van der Waals surface area contributed by atoms with Gasteiger partial charge in [-0.15, -0.1) is 0 Å². The Morgan fingerprint density at radius 2 is 2.00 bits per heavy atom. The van der Waals surface area contributed by atoms with Gasteiger partial charge in [-0.3, -0.25) is 14.6 Å².